The minimum atomic E-state index is -0.601. The summed E-state index contributed by atoms with van der Waals surface area (Å²) in [6.07, 6.45) is 2.98. The van der Waals surface area contributed by atoms with Gasteiger partial charge in [-0.15, -0.1) is 0 Å². The van der Waals surface area contributed by atoms with Crippen molar-refractivity contribution in [3.63, 3.8) is 0 Å². The van der Waals surface area contributed by atoms with Crippen LogP contribution in [-0.2, 0) is 11.8 Å². The Bertz CT molecular complexity index is 2100. The van der Waals surface area contributed by atoms with Gasteiger partial charge in [-0.3, -0.25) is 4.79 Å². The first-order valence-corrected chi connectivity index (χ1v) is 15.4. The van der Waals surface area contributed by atoms with E-state index < -0.39 is 11.5 Å². The zero-order chi connectivity index (χ0) is 33.2. The number of pyridine rings is 2. The number of imidazole rings is 1. The fourth-order valence-corrected chi connectivity index (χ4v) is 6.56. The Kier molecular flexibility index (Phi) is 7.79. The number of nitrogens with zero attached hydrogens (tertiary/aromatic N) is 8. The number of aryl methyl sites for hydroxylation is 2. The number of nitrogen functional groups attached to an aromatic ring is 1. The molecule has 6 rings (SSSR count). The van der Waals surface area contributed by atoms with Crippen LogP contribution >= 0.6 is 11.6 Å². The number of fused-ring (bicyclic) bond motifs is 2. The summed E-state index contributed by atoms with van der Waals surface area (Å²) >= 11 is 6.87. The molecule has 5 aromatic rings. The van der Waals surface area contributed by atoms with Gasteiger partial charge in [0.1, 0.15) is 17.2 Å². The van der Waals surface area contributed by atoms with Crippen LogP contribution in [0.15, 0.2) is 48.0 Å². The lowest BCUT2D eigenvalue weighted by Crippen LogP contribution is -2.58. The van der Waals surface area contributed by atoms with Gasteiger partial charge in [-0.1, -0.05) is 38.1 Å². The van der Waals surface area contributed by atoms with E-state index in [9.17, 15) is 9.59 Å². The van der Waals surface area contributed by atoms with Gasteiger partial charge in [-0.2, -0.15) is 4.98 Å². The fraction of sp³-hybridized carbons (Fsp3) is 0.333. The number of carbonyl (C=O) groups is 1. The van der Waals surface area contributed by atoms with Crippen molar-refractivity contribution in [3.05, 3.63) is 75.8 Å². The van der Waals surface area contributed by atoms with Crippen LogP contribution in [0.25, 0.3) is 39.1 Å². The van der Waals surface area contributed by atoms with Crippen molar-refractivity contribution in [1.29, 1.82) is 0 Å². The van der Waals surface area contributed by atoms with E-state index in [4.69, 9.17) is 27.3 Å². The molecule has 1 amide bonds. The molecule has 0 bridgehead atoms. The van der Waals surface area contributed by atoms with E-state index in [0.717, 1.165) is 5.56 Å². The Hall–Kier alpha value is -4.84. The molecule has 1 aromatic carbocycles. The lowest BCUT2D eigenvalue weighted by atomic mass is 10.0. The summed E-state index contributed by atoms with van der Waals surface area (Å²) in [5.41, 5.74) is 9.30. The van der Waals surface area contributed by atoms with Crippen molar-refractivity contribution >= 4 is 51.2 Å². The smallest absolute Gasteiger partial charge is 0.355 e. The second kappa shape index (κ2) is 11.5. The molecule has 0 unspecified atom stereocenters. The Labute approximate surface area is 270 Å². The maximum absolute atomic E-state index is 15.3. The van der Waals surface area contributed by atoms with E-state index in [1.165, 1.54) is 22.8 Å². The van der Waals surface area contributed by atoms with Crippen molar-refractivity contribution in [3.8, 4) is 16.9 Å². The van der Waals surface area contributed by atoms with Gasteiger partial charge in [0.05, 0.1) is 39.4 Å². The van der Waals surface area contributed by atoms with Crippen LogP contribution in [0, 0.1) is 12.7 Å². The molecule has 0 saturated carbocycles. The third kappa shape index (κ3) is 4.87. The zero-order valence-corrected chi connectivity index (χ0v) is 27.3. The number of halogens is 2. The third-order valence-electron chi connectivity index (χ3n) is 8.66. The molecule has 0 radical (unpaired) electrons. The molecule has 11 nitrogen and oxygen atoms in total. The first-order chi connectivity index (χ1) is 21.8. The second-order valence-corrected chi connectivity index (χ2v) is 12.6. The van der Waals surface area contributed by atoms with Crippen molar-refractivity contribution < 1.29 is 9.18 Å². The molecule has 46 heavy (non-hydrogen) atoms. The molecule has 0 spiro atoms. The third-order valence-corrected chi connectivity index (χ3v) is 8.94. The predicted octanol–water partition coefficient (Wildman–Crippen LogP) is 5.15. The Morgan fingerprint density at radius 2 is 1.89 bits per heavy atom. The lowest BCUT2D eigenvalue weighted by molar-refractivity contribution is -0.128. The van der Waals surface area contributed by atoms with Crippen LogP contribution in [0.2, 0.25) is 5.02 Å². The average molecular weight is 644 g/mol. The Morgan fingerprint density at radius 3 is 2.57 bits per heavy atom. The van der Waals surface area contributed by atoms with Gasteiger partial charge in [0.15, 0.2) is 11.3 Å². The summed E-state index contributed by atoms with van der Waals surface area (Å²) in [4.78, 5) is 49.7. The highest BCUT2D eigenvalue weighted by atomic mass is 35.5. The van der Waals surface area contributed by atoms with Gasteiger partial charge in [-0.25, -0.2) is 28.7 Å². The monoisotopic (exact) mass is 643 g/mol. The van der Waals surface area contributed by atoms with Crippen LogP contribution in [0.1, 0.15) is 44.9 Å². The summed E-state index contributed by atoms with van der Waals surface area (Å²) < 4.78 is 18.6. The number of aromatic nitrogens is 6. The quantitative estimate of drug-likeness (QED) is 0.206. The number of rotatable bonds is 5. The van der Waals surface area contributed by atoms with Crippen molar-refractivity contribution in [2.75, 3.05) is 23.7 Å². The number of nitrogens with two attached hydrogens (primary N) is 1. The van der Waals surface area contributed by atoms with Crippen LogP contribution in [-0.4, -0.2) is 65.1 Å². The lowest BCUT2D eigenvalue weighted by Gasteiger charge is -2.44. The number of amides is 1. The number of hydrogen-bond donors (Lipinski definition) is 1. The van der Waals surface area contributed by atoms with E-state index in [1.54, 1.807) is 23.4 Å². The molecule has 4 aromatic heterocycles. The number of anilines is 2. The second-order valence-electron chi connectivity index (χ2n) is 12.1. The Balaban J connectivity index is 1.70. The van der Waals surface area contributed by atoms with Crippen LogP contribution in [0.3, 0.4) is 0 Å². The first kappa shape index (κ1) is 31.2. The van der Waals surface area contributed by atoms with Gasteiger partial charge >= 0.3 is 5.69 Å². The van der Waals surface area contributed by atoms with E-state index in [2.05, 4.69) is 16.5 Å². The highest BCUT2D eigenvalue weighted by molar-refractivity contribution is 6.34. The first-order valence-electron chi connectivity index (χ1n) is 15.0. The summed E-state index contributed by atoms with van der Waals surface area (Å²) in [6.45, 7) is 14.2. The highest BCUT2D eigenvalue weighted by Gasteiger charge is 2.34. The minimum Gasteiger partial charge on any atom is -0.398 e. The highest BCUT2D eigenvalue weighted by Crippen LogP contribution is 2.39. The molecule has 1 aliphatic rings. The van der Waals surface area contributed by atoms with E-state index in [1.807, 2.05) is 51.1 Å². The van der Waals surface area contributed by atoms with E-state index >= 15 is 4.39 Å². The molecule has 1 fully saturated rings. The molecule has 2 N–H and O–H groups in total. The standard InChI is InChI=1S/C33H35ClFN9O2/c1-8-24(45)42-13-18(5)43(14-17(42)4)30-20-12-21(34)28(25-22(35)10-9-11-23(25)36)39-31(20)44(33(46)40-30)29-19(6)27-32(41(7)15-37-27)38-26(29)16(2)3/h8-12,15-18H,1,13-14,36H2,2-7H3/t17-,18+/m1/s1. The molecule has 0 aliphatic carbocycles. The summed E-state index contributed by atoms with van der Waals surface area (Å²) in [5.74, 6) is -0.504. The summed E-state index contributed by atoms with van der Waals surface area (Å²) in [7, 11) is 1.86. The van der Waals surface area contributed by atoms with Crippen LogP contribution in [0.5, 0.6) is 0 Å². The van der Waals surface area contributed by atoms with Gasteiger partial charge in [0.2, 0.25) is 5.91 Å². The van der Waals surface area contributed by atoms with Gasteiger partial charge in [-0.05, 0) is 51.0 Å². The number of piperazine rings is 1. The van der Waals surface area contributed by atoms with E-state index in [-0.39, 0.29) is 51.5 Å². The van der Waals surface area contributed by atoms with Gasteiger partial charge in [0.25, 0.3) is 0 Å². The van der Waals surface area contributed by atoms with Crippen LogP contribution in [0.4, 0.5) is 15.9 Å². The number of hydrogen-bond acceptors (Lipinski definition) is 8. The minimum absolute atomic E-state index is 0.0319. The predicted molar refractivity (Wildman–Crippen MR) is 179 cm³/mol. The summed E-state index contributed by atoms with van der Waals surface area (Å²) in [6, 6.07) is 5.59. The SMILES string of the molecule is C=CC(=O)N1C[C@H](C)N(c2nc(=O)n(-c3c(C(C)C)nc4c(ncn4C)c3C)c3nc(-c4c(N)cccc4F)c(Cl)cc23)C[C@H]1C. The molecular weight excluding hydrogens is 609 g/mol. The normalized spacial score (nSPS) is 17.0. The van der Waals surface area contributed by atoms with E-state index in [0.29, 0.717) is 46.8 Å². The van der Waals surface area contributed by atoms with Gasteiger partial charge < -0.3 is 20.1 Å². The number of carbonyl (C=O) groups excluding carboxylic acids is 1. The van der Waals surface area contributed by atoms with Gasteiger partial charge in [0, 0.05) is 43.5 Å². The molecule has 5 heterocycles. The molecule has 1 aliphatic heterocycles. The average Bonchev–Trinajstić information content (AvgIpc) is 3.38. The zero-order valence-electron chi connectivity index (χ0n) is 26.5. The van der Waals surface area contributed by atoms with Crippen LogP contribution < -0.4 is 16.3 Å². The topological polar surface area (TPSA) is 128 Å². The fourth-order valence-electron chi connectivity index (χ4n) is 6.31. The van der Waals surface area contributed by atoms with Crippen molar-refractivity contribution in [2.45, 2.75) is 52.6 Å². The maximum Gasteiger partial charge on any atom is 0.355 e. The van der Waals surface area contributed by atoms with Crippen molar-refractivity contribution in [1.82, 2.24) is 34.0 Å². The largest absolute Gasteiger partial charge is 0.398 e. The summed E-state index contributed by atoms with van der Waals surface area (Å²) in [5, 5.41) is 0.610. The molecular formula is C33H35ClFN9O2. The number of benzene rings is 1. The Morgan fingerprint density at radius 1 is 1.15 bits per heavy atom. The maximum atomic E-state index is 15.3. The molecule has 238 valence electrons. The van der Waals surface area contributed by atoms with Crippen molar-refractivity contribution in [2.24, 2.45) is 7.05 Å². The molecule has 2 atom stereocenters. The molecule has 13 heteroatoms. The molecule has 1 saturated heterocycles.